The van der Waals surface area contributed by atoms with Gasteiger partial charge in [-0.2, -0.15) is 9.57 Å². The number of nitriles is 1. The molecule has 0 radical (unpaired) electrons. The number of aromatic amines is 1. The molecule has 2 aliphatic rings. The summed E-state index contributed by atoms with van der Waals surface area (Å²) in [6.07, 6.45) is 5.96. The number of sulfonamides is 1. The van der Waals surface area contributed by atoms with E-state index in [-0.39, 0.29) is 37.0 Å². The van der Waals surface area contributed by atoms with E-state index >= 15 is 0 Å². The number of nitrogens with one attached hydrogen (secondary N) is 3. The van der Waals surface area contributed by atoms with Crippen molar-refractivity contribution in [2.75, 3.05) is 19.6 Å². The highest BCUT2D eigenvalue weighted by atomic mass is 32.2. The van der Waals surface area contributed by atoms with Gasteiger partial charge < -0.3 is 14.3 Å². The van der Waals surface area contributed by atoms with Gasteiger partial charge in [0.1, 0.15) is 10.8 Å². The molecule has 1 atom stereocenters. The highest BCUT2D eigenvalue weighted by Gasteiger charge is 2.38. The summed E-state index contributed by atoms with van der Waals surface area (Å²) >= 11 is 0. The number of fused-ring (bicyclic) bond motifs is 2. The Bertz CT molecular complexity index is 1450. The number of piperazine rings is 1. The van der Waals surface area contributed by atoms with Gasteiger partial charge in [0.15, 0.2) is 0 Å². The van der Waals surface area contributed by atoms with Crippen molar-refractivity contribution in [3.63, 3.8) is 0 Å². The molecule has 0 saturated carbocycles. The monoisotopic (exact) mass is 493 g/mol. The second-order valence-corrected chi connectivity index (χ2v) is 10.3. The maximum atomic E-state index is 13.5. The third-order valence-electron chi connectivity index (χ3n) is 6.27. The average molecular weight is 494 g/mol. The van der Waals surface area contributed by atoms with Crippen molar-refractivity contribution < 1.29 is 17.6 Å². The van der Waals surface area contributed by atoms with Gasteiger partial charge in [0, 0.05) is 48.6 Å². The molecule has 180 valence electrons. The van der Waals surface area contributed by atoms with Gasteiger partial charge in [-0.05, 0) is 30.7 Å². The van der Waals surface area contributed by atoms with E-state index in [1.165, 1.54) is 4.31 Å². The molecule has 0 spiro atoms. The van der Waals surface area contributed by atoms with Crippen molar-refractivity contribution in [1.29, 1.82) is 5.26 Å². The van der Waals surface area contributed by atoms with Crippen LogP contribution in [-0.2, 0) is 23.1 Å². The first kappa shape index (κ1) is 23.1. The molecule has 1 fully saturated rings. The van der Waals surface area contributed by atoms with Gasteiger partial charge in [-0.3, -0.25) is 10.2 Å². The number of carbonyl (C=O) groups excluding carboxylic acids is 1. The van der Waals surface area contributed by atoms with E-state index in [0.29, 0.717) is 47.4 Å². The van der Waals surface area contributed by atoms with Crippen molar-refractivity contribution in [3.8, 4) is 18.4 Å². The first-order valence-electron chi connectivity index (χ1n) is 11.1. The molecular weight excluding hydrogens is 470 g/mol. The number of aromatic nitrogens is 2. The smallest absolute Gasteiger partial charge is 0.310 e. The van der Waals surface area contributed by atoms with Crippen molar-refractivity contribution in [2.24, 2.45) is 0 Å². The molecule has 11 nitrogen and oxygen atoms in total. The normalized spacial score (nSPS) is 18.7. The van der Waals surface area contributed by atoms with Crippen LogP contribution in [0.15, 0.2) is 33.7 Å². The number of benzene rings is 1. The van der Waals surface area contributed by atoms with Crippen LogP contribution in [0.25, 0.3) is 10.9 Å². The summed E-state index contributed by atoms with van der Waals surface area (Å²) in [5.41, 5.74) is 7.85. The minimum atomic E-state index is -3.87. The van der Waals surface area contributed by atoms with E-state index in [2.05, 4.69) is 32.8 Å². The third kappa shape index (κ3) is 4.29. The van der Waals surface area contributed by atoms with Crippen LogP contribution in [0.5, 0.6) is 0 Å². The average Bonchev–Trinajstić information content (AvgIpc) is 3.51. The Labute approximate surface area is 202 Å². The fraction of sp³-hybridized carbons (Fsp3) is 0.348. The van der Waals surface area contributed by atoms with Gasteiger partial charge in [-0.1, -0.05) is 5.92 Å². The molecule has 35 heavy (non-hydrogen) atoms. The second kappa shape index (κ2) is 9.17. The Morgan fingerprint density at radius 3 is 2.86 bits per heavy atom. The van der Waals surface area contributed by atoms with Crippen molar-refractivity contribution in [3.05, 3.63) is 47.2 Å². The Morgan fingerprint density at radius 2 is 2.09 bits per heavy atom. The van der Waals surface area contributed by atoms with E-state index < -0.39 is 22.0 Å². The van der Waals surface area contributed by atoms with E-state index in [9.17, 15) is 13.2 Å². The van der Waals surface area contributed by atoms with Crippen molar-refractivity contribution in [2.45, 2.75) is 37.0 Å². The summed E-state index contributed by atoms with van der Waals surface area (Å²) < 4.78 is 33.9. The second-order valence-electron chi connectivity index (χ2n) is 8.39. The van der Waals surface area contributed by atoms with Crippen LogP contribution in [0.4, 0.5) is 0 Å². The number of hydrogen-bond donors (Lipinski definition) is 3. The van der Waals surface area contributed by atoms with E-state index in [1.54, 1.807) is 29.2 Å². The molecule has 2 aliphatic heterocycles. The highest BCUT2D eigenvalue weighted by molar-refractivity contribution is 7.89. The fourth-order valence-corrected chi connectivity index (χ4v) is 5.91. The van der Waals surface area contributed by atoms with Gasteiger partial charge in [-0.25, -0.2) is 18.8 Å². The molecule has 3 aromatic rings. The number of terminal acetylenes is 1. The molecule has 0 aliphatic carbocycles. The zero-order valence-electron chi connectivity index (χ0n) is 18.7. The molecule has 2 aromatic heterocycles. The lowest BCUT2D eigenvalue weighted by atomic mass is 10.1. The van der Waals surface area contributed by atoms with Crippen LogP contribution in [0, 0.1) is 23.7 Å². The molecule has 12 heteroatoms. The molecule has 1 amide bonds. The van der Waals surface area contributed by atoms with Gasteiger partial charge in [0.25, 0.3) is 15.9 Å². The predicted molar refractivity (Wildman–Crippen MR) is 125 cm³/mol. The molecule has 1 aromatic carbocycles. The number of nitrogens with zero attached hydrogens (tertiary/aromatic N) is 4. The number of rotatable bonds is 5. The number of amides is 1. The lowest BCUT2D eigenvalue weighted by molar-refractivity contribution is 0.0511. The zero-order chi connectivity index (χ0) is 24.6. The summed E-state index contributed by atoms with van der Waals surface area (Å²) in [5, 5.41) is 9.88. The fourth-order valence-electron chi connectivity index (χ4n) is 4.43. The standard InChI is InChI=1S/C23H23N7O4S/c1-2-15-5-6-18-16(10-15)11-21(27-18)35(32,33)29-8-9-30(17(14-29)4-3-7-24)23(31)22-28-19-12-25-26-13-20(19)34-22/h1,5-6,10-11,17,25-27H,3-4,8-9,12-14H2. The van der Waals surface area contributed by atoms with Gasteiger partial charge >= 0.3 is 5.91 Å². The zero-order valence-corrected chi connectivity index (χ0v) is 19.6. The van der Waals surface area contributed by atoms with Crippen molar-refractivity contribution in [1.82, 2.24) is 30.0 Å². The Morgan fingerprint density at radius 1 is 1.26 bits per heavy atom. The molecular formula is C23H23N7O4S. The SMILES string of the molecule is C#Cc1ccc2[nH]c(S(=O)(=O)N3CCN(C(=O)c4nc5c(o4)CNNC5)C(CCC#N)C3)cc2c1. The summed E-state index contributed by atoms with van der Waals surface area (Å²) in [4.78, 5) is 22.1. The quantitative estimate of drug-likeness (QED) is 0.447. The molecule has 1 unspecified atom stereocenters. The summed E-state index contributed by atoms with van der Waals surface area (Å²) in [5.74, 6) is 2.70. The minimum absolute atomic E-state index is 0.0290. The molecule has 4 heterocycles. The van der Waals surface area contributed by atoms with Gasteiger partial charge in [-0.15, -0.1) is 6.42 Å². The van der Waals surface area contributed by atoms with E-state index in [0.717, 1.165) is 0 Å². The first-order valence-corrected chi connectivity index (χ1v) is 12.6. The van der Waals surface area contributed by atoms with Crippen LogP contribution in [0.1, 0.15) is 40.5 Å². The number of carbonyl (C=O) groups is 1. The first-order chi connectivity index (χ1) is 16.9. The van der Waals surface area contributed by atoms with Gasteiger partial charge in [0.2, 0.25) is 0 Å². The minimum Gasteiger partial charge on any atom is -0.436 e. The lowest BCUT2D eigenvalue weighted by Gasteiger charge is -2.39. The molecule has 3 N–H and O–H groups in total. The van der Waals surface area contributed by atoms with Crippen molar-refractivity contribution >= 4 is 26.8 Å². The van der Waals surface area contributed by atoms with Gasteiger partial charge in [0.05, 0.1) is 24.9 Å². The van der Waals surface area contributed by atoms with Crippen LogP contribution in [0.3, 0.4) is 0 Å². The lowest BCUT2D eigenvalue weighted by Crippen LogP contribution is -2.56. The van der Waals surface area contributed by atoms with Crippen LogP contribution >= 0.6 is 0 Å². The molecule has 5 rings (SSSR count). The highest BCUT2D eigenvalue weighted by Crippen LogP contribution is 2.26. The number of H-pyrrole nitrogens is 1. The Kier molecular flexibility index (Phi) is 6.05. The maximum absolute atomic E-state index is 13.5. The third-order valence-corrected chi connectivity index (χ3v) is 8.05. The summed E-state index contributed by atoms with van der Waals surface area (Å²) in [7, 11) is -3.87. The maximum Gasteiger partial charge on any atom is 0.310 e. The number of hydrogen-bond acceptors (Lipinski definition) is 8. The molecule has 0 bridgehead atoms. The summed E-state index contributed by atoms with van der Waals surface area (Å²) in [6.45, 7) is 1.16. The topological polar surface area (TPSA) is 147 Å². The van der Waals surface area contributed by atoms with Crippen LogP contribution in [0.2, 0.25) is 0 Å². The molecule has 1 saturated heterocycles. The Balaban J connectivity index is 1.39. The van der Waals surface area contributed by atoms with E-state index in [1.807, 2.05) is 0 Å². The van der Waals surface area contributed by atoms with E-state index in [4.69, 9.17) is 16.1 Å². The largest absolute Gasteiger partial charge is 0.436 e. The van der Waals surface area contributed by atoms with Crippen LogP contribution in [-0.4, -0.2) is 59.2 Å². The van der Waals surface area contributed by atoms with Crippen LogP contribution < -0.4 is 10.9 Å². The number of hydrazine groups is 1. The summed E-state index contributed by atoms with van der Waals surface area (Å²) in [6, 6.07) is 8.38. The number of oxazole rings is 1. The Hall–Kier alpha value is -3.68. The predicted octanol–water partition coefficient (Wildman–Crippen LogP) is 1.06.